The Morgan fingerprint density at radius 1 is 0.964 bits per heavy atom. The van der Waals surface area contributed by atoms with Crippen molar-refractivity contribution in [1.82, 2.24) is 0 Å². The standard InChI is InChI=1S/C24H32N2O.Y/c1-4-21-15-19(2)24(20(3)16-21)25-23(27)18-26(13-9-6-10-14-26)17-22-11-7-5-8-12-22;/h5,7-8,11-12,15-16H,4,6,9-10,13-14,17-18H2,1-3H3;/p+1. The third-order valence-corrected chi connectivity index (χ3v) is 5.87. The number of piperidine rings is 1. The number of nitrogens with zero attached hydrogens (tertiary/aromatic N) is 1. The van der Waals surface area contributed by atoms with Gasteiger partial charge < -0.3 is 9.80 Å². The van der Waals surface area contributed by atoms with Crippen LogP contribution in [0.5, 0.6) is 0 Å². The quantitative estimate of drug-likeness (QED) is 0.612. The van der Waals surface area contributed by atoms with Crippen LogP contribution in [-0.4, -0.2) is 30.0 Å². The van der Waals surface area contributed by atoms with Crippen LogP contribution in [-0.2, 0) is 50.5 Å². The monoisotopic (exact) mass is 454 g/mol. The van der Waals surface area contributed by atoms with E-state index in [2.05, 4.69) is 68.6 Å². The molecule has 28 heavy (non-hydrogen) atoms. The van der Waals surface area contributed by atoms with Gasteiger partial charge in [-0.25, -0.2) is 0 Å². The van der Waals surface area contributed by atoms with Crippen LogP contribution in [0.25, 0.3) is 0 Å². The van der Waals surface area contributed by atoms with Crippen LogP contribution in [0.3, 0.4) is 0 Å². The molecule has 1 radical (unpaired) electrons. The molecule has 0 bridgehead atoms. The number of nitrogens with one attached hydrogen (secondary N) is 1. The van der Waals surface area contributed by atoms with E-state index < -0.39 is 0 Å². The molecule has 1 fully saturated rings. The summed E-state index contributed by atoms with van der Waals surface area (Å²) in [4.78, 5) is 13.0. The fraction of sp³-hybridized carbons (Fsp3) is 0.458. The first-order valence-corrected chi connectivity index (χ1v) is 10.3. The molecule has 0 atom stereocenters. The minimum Gasteiger partial charge on any atom is -0.321 e. The fourth-order valence-corrected chi connectivity index (χ4v) is 4.46. The van der Waals surface area contributed by atoms with E-state index in [-0.39, 0.29) is 38.6 Å². The minimum atomic E-state index is 0. The molecule has 3 nitrogen and oxygen atoms in total. The van der Waals surface area contributed by atoms with Gasteiger partial charge in [-0.2, -0.15) is 0 Å². The van der Waals surface area contributed by atoms with Crippen molar-refractivity contribution in [2.75, 3.05) is 25.0 Å². The number of carbonyl (C=O) groups is 1. The summed E-state index contributed by atoms with van der Waals surface area (Å²) >= 11 is 0. The normalized spacial score (nSPS) is 15.5. The first-order valence-electron chi connectivity index (χ1n) is 10.3. The van der Waals surface area contributed by atoms with E-state index in [4.69, 9.17) is 0 Å². The van der Waals surface area contributed by atoms with E-state index in [1.54, 1.807) is 0 Å². The Hall–Kier alpha value is -1.03. The van der Waals surface area contributed by atoms with E-state index in [0.717, 1.165) is 47.4 Å². The summed E-state index contributed by atoms with van der Waals surface area (Å²) in [6.07, 6.45) is 4.73. The predicted molar refractivity (Wildman–Crippen MR) is 113 cm³/mol. The Balaban J connectivity index is 0.00000280. The molecule has 1 N–H and O–H groups in total. The van der Waals surface area contributed by atoms with Gasteiger partial charge in [0.25, 0.3) is 5.91 Å². The Labute approximate surface area is 195 Å². The van der Waals surface area contributed by atoms with Crippen LogP contribution in [0.4, 0.5) is 5.69 Å². The minimum absolute atomic E-state index is 0. The molecule has 2 aromatic carbocycles. The molecule has 0 aromatic heterocycles. The topological polar surface area (TPSA) is 29.1 Å². The Kier molecular flexibility index (Phi) is 8.86. The van der Waals surface area contributed by atoms with Gasteiger partial charge in [-0.3, -0.25) is 4.79 Å². The van der Waals surface area contributed by atoms with Crippen LogP contribution in [0.1, 0.15) is 48.4 Å². The number of benzene rings is 2. The maximum absolute atomic E-state index is 13.0. The van der Waals surface area contributed by atoms with E-state index in [1.165, 1.54) is 30.4 Å². The molecule has 1 saturated heterocycles. The van der Waals surface area contributed by atoms with E-state index in [0.29, 0.717) is 6.54 Å². The summed E-state index contributed by atoms with van der Waals surface area (Å²) in [7, 11) is 0. The van der Waals surface area contributed by atoms with Gasteiger partial charge in [0.2, 0.25) is 0 Å². The van der Waals surface area contributed by atoms with Crippen molar-refractivity contribution in [1.29, 1.82) is 0 Å². The average Bonchev–Trinajstić information content (AvgIpc) is 2.66. The predicted octanol–water partition coefficient (Wildman–Crippen LogP) is 5.00. The summed E-state index contributed by atoms with van der Waals surface area (Å²) in [5, 5.41) is 3.23. The molecule has 0 aliphatic carbocycles. The number of hydrogen-bond donors (Lipinski definition) is 1. The van der Waals surface area contributed by atoms with Crippen molar-refractivity contribution in [3.8, 4) is 0 Å². The molecule has 2 aromatic rings. The second-order valence-electron chi connectivity index (χ2n) is 8.16. The SMILES string of the molecule is CCc1cc(C)c(NC(=O)C[N+]2(Cc3ccccc3)CCCCC2)c(C)c1.[Y]. The number of amides is 1. The molecule has 0 spiro atoms. The maximum atomic E-state index is 13.0. The first-order chi connectivity index (χ1) is 13.0. The molecule has 3 rings (SSSR count). The van der Waals surface area contributed by atoms with Gasteiger partial charge in [-0.05, 0) is 56.2 Å². The molecule has 0 unspecified atom stereocenters. The van der Waals surface area contributed by atoms with Gasteiger partial charge >= 0.3 is 0 Å². The van der Waals surface area contributed by atoms with Gasteiger partial charge in [0.1, 0.15) is 6.54 Å². The molecule has 1 aliphatic heterocycles. The molecule has 1 amide bonds. The largest absolute Gasteiger partial charge is 0.321 e. The van der Waals surface area contributed by atoms with E-state index in [1.807, 2.05) is 0 Å². The zero-order valence-corrected chi connectivity index (χ0v) is 20.5. The van der Waals surface area contributed by atoms with Crippen LogP contribution in [0.15, 0.2) is 42.5 Å². The molecule has 147 valence electrons. The summed E-state index contributed by atoms with van der Waals surface area (Å²) in [6.45, 7) is 10.0. The Morgan fingerprint density at radius 2 is 1.57 bits per heavy atom. The van der Waals surface area contributed by atoms with Gasteiger partial charge in [0.15, 0.2) is 6.54 Å². The average molecular weight is 454 g/mol. The third kappa shape index (κ3) is 5.98. The summed E-state index contributed by atoms with van der Waals surface area (Å²) < 4.78 is 0.876. The van der Waals surface area contributed by atoms with Gasteiger partial charge in [0.05, 0.1) is 13.1 Å². The first kappa shape index (κ1) is 23.3. The number of quaternary nitrogens is 1. The van der Waals surface area contributed by atoms with Crippen molar-refractivity contribution in [3.05, 3.63) is 64.7 Å². The summed E-state index contributed by atoms with van der Waals surface area (Å²) in [5.41, 5.74) is 5.97. The third-order valence-electron chi connectivity index (χ3n) is 5.87. The van der Waals surface area contributed by atoms with Crippen LogP contribution in [0.2, 0.25) is 0 Å². The van der Waals surface area contributed by atoms with Crippen LogP contribution in [0, 0.1) is 13.8 Å². The second kappa shape index (κ2) is 10.7. The van der Waals surface area contributed by atoms with Crippen molar-refractivity contribution in [2.45, 2.75) is 53.0 Å². The number of anilines is 1. The molecule has 1 aliphatic rings. The number of likely N-dealkylation sites (tertiary alicyclic amines) is 1. The van der Waals surface area contributed by atoms with E-state index >= 15 is 0 Å². The van der Waals surface area contributed by atoms with Crippen molar-refractivity contribution in [3.63, 3.8) is 0 Å². The van der Waals surface area contributed by atoms with Gasteiger partial charge in [-0.1, -0.05) is 49.4 Å². The molecule has 1 heterocycles. The number of hydrogen-bond acceptors (Lipinski definition) is 1. The van der Waals surface area contributed by atoms with Crippen LogP contribution >= 0.6 is 0 Å². The number of aryl methyl sites for hydroxylation is 3. The van der Waals surface area contributed by atoms with E-state index in [9.17, 15) is 4.79 Å². The van der Waals surface area contributed by atoms with Crippen molar-refractivity contribution < 1.29 is 42.0 Å². The second-order valence-corrected chi connectivity index (χ2v) is 8.16. The molecule has 4 heteroatoms. The summed E-state index contributed by atoms with van der Waals surface area (Å²) in [5.74, 6) is 0.142. The zero-order valence-electron chi connectivity index (χ0n) is 17.6. The van der Waals surface area contributed by atoms with Gasteiger partial charge in [0, 0.05) is 44.0 Å². The van der Waals surface area contributed by atoms with Gasteiger partial charge in [-0.15, -0.1) is 0 Å². The molecular formula is C24H33N2OY+. The van der Waals surface area contributed by atoms with Crippen molar-refractivity contribution >= 4 is 11.6 Å². The fourth-order valence-electron chi connectivity index (χ4n) is 4.46. The summed E-state index contributed by atoms with van der Waals surface area (Å²) in [6, 6.07) is 15.0. The smallest absolute Gasteiger partial charge is 0.279 e. The number of carbonyl (C=O) groups excluding carboxylic acids is 1. The van der Waals surface area contributed by atoms with Crippen LogP contribution < -0.4 is 5.32 Å². The maximum Gasteiger partial charge on any atom is 0.279 e. The number of rotatable bonds is 6. The molecular weight excluding hydrogens is 421 g/mol. The molecule has 0 saturated carbocycles. The Morgan fingerprint density at radius 3 is 2.14 bits per heavy atom. The van der Waals surface area contributed by atoms with Crippen molar-refractivity contribution in [2.24, 2.45) is 0 Å². The Bertz CT molecular complexity index is 759. The zero-order chi connectivity index (χ0) is 19.3.